The zero-order chi connectivity index (χ0) is 12.9. The maximum atomic E-state index is 11.3. The van der Waals surface area contributed by atoms with Crippen LogP contribution < -0.4 is 0 Å². The lowest BCUT2D eigenvalue weighted by molar-refractivity contribution is -0.144. The fraction of sp³-hybridized carbons (Fsp3) is 0.800. The number of ether oxygens (including phenoxy) is 2. The molecule has 0 fully saturated rings. The van der Waals surface area contributed by atoms with E-state index in [4.69, 9.17) is 0 Å². The summed E-state index contributed by atoms with van der Waals surface area (Å²) in [5.41, 5.74) is -0.474. The summed E-state index contributed by atoms with van der Waals surface area (Å²) in [7, 11) is 2.63. The summed E-state index contributed by atoms with van der Waals surface area (Å²) < 4.78 is 9.22. The van der Waals surface area contributed by atoms with E-state index in [1.54, 1.807) is 0 Å². The first-order valence-electron chi connectivity index (χ1n) is 4.74. The Hall–Kier alpha value is -0.230. The molecule has 0 spiro atoms. The highest BCUT2D eigenvalue weighted by molar-refractivity contribution is 9.10. The van der Waals surface area contributed by atoms with Crippen LogP contribution in [0.3, 0.4) is 0 Å². The lowest BCUT2D eigenvalue weighted by Gasteiger charge is -2.30. The first kappa shape index (κ1) is 15.8. The number of carbonyl (C=O) groups is 2. The van der Waals surface area contributed by atoms with E-state index in [2.05, 4.69) is 38.0 Å². The number of rotatable bonds is 5. The molecule has 0 aliphatic rings. The Balaban J connectivity index is 4.55. The molecule has 0 aromatic rings. The Morgan fingerprint density at radius 3 is 2.06 bits per heavy atom. The minimum absolute atomic E-state index is 0.363. The van der Waals surface area contributed by atoms with Gasteiger partial charge in [0.05, 0.1) is 14.2 Å². The molecule has 4 nitrogen and oxygen atoms in total. The quantitative estimate of drug-likeness (QED) is 0.478. The normalized spacial score (nSPS) is 15.1. The highest BCUT2D eigenvalue weighted by atomic mass is 79.9. The van der Waals surface area contributed by atoms with Gasteiger partial charge in [0.25, 0.3) is 0 Å². The van der Waals surface area contributed by atoms with Crippen LogP contribution >= 0.6 is 28.6 Å². The second-order valence-electron chi connectivity index (χ2n) is 4.11. The molecule has 0 heterocycles. The maximum absolute atomic E-state index is 11.3. The van der Waals surface area contributed by atoms with E-state index in [1.807, 2.05) is 13.8 Å². The largest absolute Gasteiger partial charge is 0.468 e. The Labute approximate surface area is 110 Å². The second kappa shape index (κ2) is 6.49. The fourth-order valence-electron chi connectivity index (χ4n) is 1.22. The van der Waals surface area contributed by atoms with E-state index in [-0.39, 0.29) is 5.97 Å². The number of esters is 2. The topological polar surface area (TPSA) is 52.6 Å². The third kappa shape index (κ3) is 4.33. The molecule has 6 heteroatoms. The van der Waals surface area contributed by atoms with Crippen molar-refractivity contribution in [1.82, 2.24) is 0 Å². The predicted octanol–water partition coefficient (Wildman–Crippen LogP) is 1.81. The minimum Gasteiger partial charge on any atom is -0.468 e. The molecule has 0 aliphatic heterocycles. The molecule has 0 aliphatic carbocycles. The second-order valence-corrected chi connectivity index (χ2v) is 5.73. The lowest BCUT2D eigenvalue weighted by Crippen LogP contribution is -2.36. The van der Waals surface area contributed by atoms with Gasteiger partial charge in [-0.05, 0) is 11.8 Å². The van der Waals surface area contributed by atoms with Gasteiger partial charge < -0.3 is 9.47 Å². The molecule has 94 valence electrons. The highest BCUT2D eigenvalue weighted by Gasteiger charge is 2.36. The summed E-state index contributed by atoms with van der Waals surface area (Å²) in [6, 6.07) is 0. The van der Waals surface area contributed by atoms with Gasteiger partial charge in [0, 0.05) is 0 Å². The van der Waals surface area contributed by atoms with E-state index in [0.717, 1.165) is 0 Å². The van der Waals surface area contributed by atoms with Crippen LogP contribution in [0.15, 0.2) is 0 Å². The van der Waals surface area contributed by atoms with Gasteiger partial charge in [0.2, 0.25) is 0 Å². The Morgan fingerprint density at radius 2 is 1.69 bits per heavy atom. The van der Waals surface area contributed by atoms with E-state index >= 15 is 0 Å². The van der Waals surface area contributed by atoms with Crippen LogP contribution in [-0.4, -0.2) is 36.2 Å². The van der Waals surface area contributed by atoms with E-state index in [9.17, 15) is 9.59 Å². The van der Waals surface area contributed by atoms with Crippen molar-refractivity contribution in [2.75, 3.05) is 14.2 Å². The monoisotopic (exact) mass is 312 g/mol. The molecule has 0 rings (SSSR count). The van der Waals surface area contributed by atoms with E-state index in [0.29, 0.717) is 6.42 Å². The Bertz CT molecular complexity index is 268. The molecule has 0 N–H and O–H groups in total. The maximum Gasteiger partial charge on any atom is 0.319 e. The Kier molecular flexibility index (Phi) is 6.40. The standard InChI is InChI=1S/C10H17BrO4S/c1-10(2,7(16)9(13)15-4)5-6(11)8(12)14-3/h6-7,16H,5H2,1-4H3. The predicted molar refractivity (Wildman–Crippen MR) is 67.9 cm³/mol. The van der Waals surface area contributed by atoms with Crippen molar-refractivity contribution in [3.63, 3.8) is 0 Å². The van der Waals surface area contributed by atoms with Crippen molar-refractivity contribution in [3.8, 4) is 0 Å². The molecular weight excluding hydrogens is 296 g/mol. The first-order valence-corrected chi connectivity index (χ1v) is 6.17. The molecule has 0 radical (unpaired) electrons. The summed E-state index contributed by atoms with van der Waals surface area (Å²) in [5.74, 6) is -0.767. The third-order valence-electron chi connectivity index (χ3n) is 2.33. The van der Waals surface area contributed by atoms with E-state index in [1.165, 1.54) is 14.2 Å². The van der Waals surface area contributed by atoms with Gasteiger partial charge in [-0.1, -0.05) is 29.8 Å². The number of carbonyl (C=O) groups excluding carboxylic acids is 2. The van der Waals surface area contributed by atoms with Gasteiger partial charge in [0.15, 0.2) is 0 Å². The SMILES string of the molecule is COC(=O)C(Br)CC(C)(C)C(S)C(=O)OC. The van der Waals surface area contributed by atoms with Crippen LogP contribution in [0, 0.1) is 5.41 Å². The number of alkyl halides is 1. The highest BCUT2D eigenvalue weighted by Crippen LogP contribution is 2.33. The molecule has 0 saturated carbocycles. The van der Waals surface area contributed by atoms with Crippen LogP contribution in [0.5, 0.6) is 0 Å². The van der Waals surface area contributed by atoms with Crippen molar-refractivity contribution in [3.05, 3.63) is 0 Å². The molecular formula is C10H17BrO4S. The van der Waals surface area contributed by atoms with Gasteiger partial charge in [0.1, 0.15) is 10.1 Å². The molecule has 2 unspecified atom stereocenters. The number of hydrogen-bond acceptors (Lipinski definition) is 5. The van der Waals surface area contributed by atoms with Crippen molar-refractivity contribution in [2.24, 2.45) is 5.41 Å². The summed E-state index contributed by atoms with van der Waals surface area (Å²) in [5, 5.41) is -0.581. The minimum atomic E-state index is -0.581. The van der Waals surface area contributed by atoms with Gasteiger partial charge in [-0.3, -0.25) is 9.59 Å². The van der Waals surface area contributed by atoms with Gasteiger partial charge >= 0.3 is 11.9 Å². The van der Waals surface area contributed by atoms with Crippen molar-refractivity contribution in [2.45, 2.75) is 30.3 Å². The molecule has 0 bridgehead atoms. The average molecular weight is 313 g/mol. The van der Waals surface area contributed by atoms with E-state index < -0.39 is 21.5 Å². The Morgan fingerprint density at radius 1 is 1.25 bits per heavy atom. The van der Waals surface area contributed by atoms with Crippen LogP contribution in [0.2, 0.25) is 0 Å². The van der Waals surface area contributed by atoms with Gasteiger partial charge in [-0.15, -0.1) is 0 Å². The van der Waals surface area contributed by atoms with Crippen molar-refractivity contribution < 1.29 is 19.1 Å². The fourth-order valence-corrected chi connectivity index (χ4v) is 2.45. The molecule has 0 aromatic heterocycles. The lowest BCUT2D eigenvalue weighted by atomic mass is 9.84. The van der Waals surface area contributed by atoms with Crippen molar-refractivity contribution in [1.29, 1.82) is 0 Å². The van der Waals surface area contributed by atoms with Crippen molar-refractivity contribution >= 4 is 40.5 Å². The smallest absolute Gasteiger partial charge is 0.319 e. The summed E-state index contributed by atoms with van der Waals surface area (Å²) in [6.07, 6.45) is 0.433. The first-order chi connectivity index (χ1) is 7.26. The summed E-state index contributed by atoms with van der Waals surface area (Å²) in [4.78, 5) is 22.1. The number of hydrogen-bond donors (Lipinski definition) is 1. The number of methoxy groups -OCH3 is 2. The summed E-state index contributed by atoms with van der Waals surface area (Å²) >= 11 is 7.43. The zero-order valence-electron chi connectivity index (χ0n) is 9.82. The summed E-state index contributed by atoms with van der Waals surface area (Å²) in [6.45, 7) is 3.69. The molecule has 0 saturated heterocycles. The number of thiol groups is 1. The molecule has 2 atom stereocenters. The molecule has 0 aromatic carbocycles. The number of halogens is 1. The molecule has 16 heavy (non-hydrogen) atoms. The van der Waals surface area contributed by atoms with Gasteiger partial charge in [-0.25, -0.2) is 0 Å². The molecule has 0 amide bonds. The van der Waals surface area contributed by atoms with Crippen LogP contribution in [0.4, 0.5) is 0 Å². The average Bonchev–Trinajstić information content (AvgIpc) is 2.24. The third-order valence-corrected chi connectivity index (χ3v) is 3.93. The van der Waals surface area contributed by atoms with Gasteiger partial charge in [-0.2, -0.15) is 12.6 Å². The zero-order valence-corrected chi connectivity index (χ0v) is 12.3. The van der Waals surface area contributed by atoms with Crippen LogP contribution in [0.1, 0.15) is 20.3 Å². The van der Waals surface area contributed by atoms with Crippen LogP contribution in [-0.2, 0) is 19.1 Å². The van der Waals surface area contributed by atoms with Crippen LogP contribution in [0.25, 0.3) is 0 Å².